The van der Waals surface area contributed by atoms with Crippen LogP contribution >= 0.6 is 0 Å². The Hall–Kier alpha value is -3.68. The van der Waals surface area contributed by atoms with Gasteiger partial charge in [0, 0.05) is 35.1 Å². The van der Waals surface area contributed by atoms with E-state index in [0.29, 0.717) is 47.2 Å². The minimum Gasteiger partial charge on any atom is -0.447 e. The Bertz CT molecular complexity index is 1970. The van der Waals surface area contributed by atoms with Crippen LogP contribution in [-0.4, -0.2) is 34.4 Å². The molecule has 364 valence electrons. The van der Waals surface area contributed by atoms with Crippen LogP contribution in [-0.2, 0) is 22.3 Å². The highest BCUT2D eigenvalue weighted by molar-refractivity contribution is 5.64. The topological polar surface area (TPSA) is 60.1 Å². The van der Waals surface area contributed by atoms with E-state index in [1.807, 2.05) is 12.1 Å². The highest BCUT2D eigenvalue weighted by Gasteiger charge is 2.41. The van der Waals surface area contributed by atoms with E-state index in [4.69, 9.17) is 14.2 Å². The van der Waals surface area contributed by atoms with Gasteiger partial charge in [0.2, 0.25) is 0 Å². The first-order valence-corrected chi connectivity index (χ1v) is 27.4. The van der Waals surface area contributed by atoms with Gasteiger partial charge in [-0.1, -0.05) is 166 Å². The minimum atomic E-state index is -0.749. The van der Waals surface area contributed by atoms with E-state index in [2.05, 4.69) is 86.2 Å². The Morgan fingerprint density at radius 3 is 1.18 bits per heavy atom. The van der Waals surface area contributed by atoms with E-state index in [0.717, 1.165) is 74.3 Å². The number of hydrogen-bond donors (Lipinski definition) is 0. The standard InChI is InChI=1S/C60H82F2N2O3/c1-5-9-13-17-41-21-25-43(26-22-41)45-29-33-47(34-30-45)51-37-49(39-55-53(65-55)19-15-11-7-3)57(59(61)63-51)67-58-50(40-56-54(66-56)20-16-12-8-4)38-52(64-60(58)62)48-35-31-46(32-36-48)44-27-23-42(24-28-44)18-14-10-6-2/h29-38,41-44,53-56H,5-28,39-40H2,1-4H3/t41?,42?,43?,44?,53-,54-,55-,56-/m0/s1. The van der Waals surface area contributed by atoms with Gasteiger partial charge in [-0.3, -0.25) is 0 Å². The summed E-state index contributed by atoms with van der Waals surface area (Å²) in [6, 6.07) is 21.1. The van der Waals surface area contributed by atoms with Gasteiger partial charge in [-0.25, -0.2) is 9.97 Å². The van der Waals surface area contributed by atoms with Gasteiger partial charge in [0.1, 0.15) is 0 Å². The van der Waals surface area contributed by atoms with Crippen molar-refractivity contribution in [2.24, 2.45) is 11.8 Å². The second kappa shape index (κ2) is 24.7. The van der Waals surface area contributed by atoms with Crippen LogP contribution in [0.1, 0.15) is 216 Å². The average Bonchev–Trinajstić information content (AvgIpc) is 4.28. The third-order valence-corrected chi connectivity index (χ3v) is 16.1. The average molecular weight is 917 g/mol. The molecule has 0 N–H and O–H groups in total. The molecule has 8 rings (SSSR count). The summed E-state index contributed by atoms with van der Waals surface area (Å²) in [5.74, 6) is 1.26. The molecule has 67 heavy (non-hydrogen) atoms. The maximum absolute atomic E-state index is 16.8. The van der Waals surface area contributed by atoms with Crippen molar-refractivity contribution in [3.05, 3.63) is 94.8 Å². The molecule has 0 amide bonds. The van der Waals surface area contributed by atoms with E-state index in [1.165, 1.54) is 114 Å². The molecule has 2 saturated carbocycles. The molecule has 4 fully saturated rings. The summed E-state index contributed by atoms with van der Waals surface area (Å²) in [6.45, 7) is 8.97. The number of unbranched alkanes of at least 4 members (excludes halogenated alkanes) is 8. The largest absolute Gasteiger partial charge is 0.447 e. The number of aromatic nitrogens is 2. The molecule has 2 aliphatic heterocycles. The van der Waals surface area contributed by atoms with Crippen LogP contribution in [0.25, 0.3) is 22.5 Å². The van der Waals surface area contributed by atoms with Crippen molar-refractivity contribution in [2.45, 2.75) is 231 Å². The molecule has 0 radical (unpaired) electrons. The molecule has 2 aromatic carbocycles. The number of nitrogens with zero attached hydrogens (tertiary/aromatic N) is 2. The third-order valence-electron chi connectivity index (χ3n) is 16.1. The lowest BCUT2D eigenvalue weighted by Crippen LogP contribution is -2.13. The van der Waals surface area contributed by atoms with E-state index in [-0.39, 0.29) is 35.9 Å². The molecule has 2 aromatic heterocycles. The van der Waals surface area contributed by atoms with Crippen LogP contribution in [0.5, 0.6) is 11.5 Å². The van der Waals surface area contributed by atoms with Gasteiger partial charge in [0.25, 0.3) is 11.9 Å². The molecule has 4 heterocycles. The predicted octanol–water partition coefficient (Wildman–Crippen LogP) is 17.4. The molecule has 4 atom stereocenters. The summed E-state index contributed by atoms with van der Waals surface area (Å²) in [4.78, 5) is 9.03. The van der Waals surface area contributed by atoms with Gasteiger partial charge >= 0.3 is 0 Å². The van der Waals surface area contributed by atoms with Crippen molar-refractivity contribution in [1.82, 2.24) is 9.97 Å². The van der Waals surface area contributed by atoms with E-state index >= 15 is 8.78 Å². The first kappa shape index (κ1) is 49.7. The lowest BCUT2D eigenvalue weighted by atomic mass is 9.77. The fourth-order valence-electron chi connectivity index (χ4n) is 11.7. The number of halogens is 2. The molecule has 7 heteroatoms. The molecule has 5 nitrogen and oxygen atoms in total. The van der Waals surface area contributed by atoms with Crippen molar-refractivity contribution in [2.75, 3.05) is 0 Å². The smallest absolute Gasteiger partial charge is 0.256 e. The van der Waals surface area contributed by atoms with Gasteiger partial charge in [-0.05, 0) is 111 Å². The van der Waals surface area contributed by atoms with Crippen molar-refractivity contribution in [1.29, 1.82) is 0 Å². The van der Waals surface area contributed by atoms with Crippen molar-refractivity contribution in [3.63, 3.8) is 0 Å². The lowest BCUT2D eigenvalue weighted by molar-refractivity contribution is 0.303. The van der Waals surface area contributed by atoms with Gasteiger partial charge in [-0.15, -0.1) is 0 Å². The quantitative estimate of drug-likeness (QED) is 0.0357. The zero-order valence-electron chi connectivity index (χ0n) is 41.7. The molecule has 4 aliphatic rings. The lowest BCUT2D eigenvalue weighted by Gasteiger charge is -2.29. The molecule has 4 aromatic rings. The Balaban J connectivity index is 1.03. The van der Waals surface area contributed by atoms with Crippen LogP contribution in [0.15, 0.2) is 60.7 Å². The number of rotatable bonds is 26. The van der Waals surface area contributed by atoms with Crippen LogP contribution in [0.4, 0.5) is 8.78 Å². The van der Waals surface area contributed by atoms with E-state index in [9.17, 15) is 0 Å². The Morgan fingerprint density at radius 1 is 0.463 bits per heavy atom. The molecule has 2 saturated heterocycles. The van der Waals surface area contributed by atoms with Crippen molar-refractivity contribution >= 4 is 0 Å². The summed E-state index contributed by atoms with van der Waals surface area (Å²) in [6.07, 6.45) is 30.6. The summed E-state index contributed by atoms with van der Waals surface area (Å²) < 4.78 is 52.4. The maximum atomic E-state index is 16.8. The maximum Gasteiger partial charge on any atom is 0.256 e. The van der Waals surface area contributed by atoms with Crippen LogP contribution in [0.3, 0.4) is 0 Å². The van der Waals surface area contributed by atoms with Gasteiger partial charge in [-0.2, -0.15) is 8.78 Å². The highest BCUT2D eigenvalue weighted by atomic mass is 19.1. The van der Waals surface area contributed by atoms with Crippen LogP contribution in [0, 0.1) is 23.7 Å². The molecule has 2 aliphatic carbocycles. The molecule has 0 unspecified atom stereocenters. The van der Waals surface area contributed by atoms with Gasteiger partial charge in [0.15, 0.2) is 11.5 Å². The number of benzene rings is 2. The first-order valence-electron chi connectivity index (χ1n) is 27.4. The SMILES string of the molecule is CCCCCC1CCC(c2ccc(-c3cc(C[C@@H]4O[C@H]4CCCCC)c(Oc4c(C[C@@H]5O[C@H]5CCCCC)cc(-c5ccc(C6CCC(CCCCC)CC6)cc5)nc4F)c(F)n3)cc2)CC1. The number of epoxide rings is 2. The Kier molecular flexibility index (Phi) is 18.4. The van der Waals surface area contributed by atoms with Crippen LogP contribution in [0.2, 0.25) is 0 Å². The Labute approximate surface area is 403 Å². The minimum absolute atomic E-state index is 0.0470. The summed E-state index contributed by atoms with van der Waals surface area (Å²) >= 11 is 0. The van der Waals surface area contributed by atoms with Crippen molar-refractivity contribution < 1.29 is 23.0 Å². The number of pyridine rings is 2. The summed E-state index contributed by atoms with van der Waals surface area (Å²) in [7, 11) is 0. The van der Waals surface area contributed by atoms with Crippen molar-refractivity contribution in [3.8, 4) is 34.0 Å². The van der Waals surface area contributed by atoms with Gasteiger partial charge < -0.3 is 14.2 Å². The number of ether oxygens (including phenoxy) is 3. The third kappa shape index (κ3) is 13.8. The van der Waals surface area contributed by atoms with Crippen LogP contribution < -0.4 is 4.74 Å². The highest BCUT2D eigenvalue weighted by Crippen LogP contribution is 2.43. The monoisotopic (exact) mass is 917 g/mol. The van der Waals surface area contributed by atoms with E-state index < -0.39 is 11.9 Å². The Morgan fingerprint density at radius 2 is 0.821 bits per heavy atom. The first-order chi connectivity index (χ1) is 32.8. The predicted molar refractivity (Wildman–Crippen MR) is 270 cm³/mol. The van der Waals surface area contributed by atoms with Gasteiger partial charge in [0.05, 0.1) is 35.8 Å². The zero-order valence-corrected chi connectivity index (χ0v) is 41.7. The fraction of sp³-hybridized carbons (Fsp3) is 0.633. The second-order valence-electron chi connectivity index (χ2n) is 21.2. The van der Waals surface area contributed by atoms with E-state index in [1.54, 1.807) is 0 Å². The molecular formula is C60H82F2N2O3. The molecular weight excluding hydrogens is 835 g/mol. The molecule has 0 spiro atoms. The molecule has 0 bridgehead atoms. The summed E-state index contributed by atoms with van der Waals surface area (Å²) in [5, 5.41) is 0. The normalized spacial score (nSPS) is 24.7. The number of hydrogen-bond acceptors (Lipinski definition) is 5. The fourth-order valence-corrected chi connectivity index (χ4v) is 11.7. The second-order valence-corrected chi connectivity index (χ2v) is 21.2. The summed E-state index contributed by atoms with van der Waals surface area (Å²) in [5.41, 5.74) is 6.80. The zero-order chi connectivity index (χ0) is 46.5.